The van der Waals surface area contributed by atoms with Gasteiger partial charge in [-0.3, -0.25) is 0 Å². The molecule has 1 rings (SSSR count). The van der Waals surface area contributed by atoms with Crippen molar-refractivity contribution in [1.29, 1.82) is 5.26 Å². The summed E-state index contributed by atoms with van der Waals surface area (Å²) in [5.74, 6) is -0.445. The van der Waals surface area contributed by atoms with Crippen LogP contribution in [0.3, 0.4) is 0 Å². The van der Waals surface area contributed by atoms with Gasteiger partial charge in [-0.15, -0.1) is 11.8 Å². The number of hydrogen-bond acceptors (Lipinski definition) is 2. The molecule has 4 heteroatoms. The predicted molar refractivity (Wildman–Crippen MR) is 50.6 cm³/mol. The van der Waals surface area contributed by atoms with Crippen molar-refractivity contribution in [2.45, 2.75) is 4.90 Å². The van der Waals surface area contributed by atoms with Gasteiger partial charge in [0, 0.05) is 4.47 Å². The fraction of sp³-hybridized carbons (Fsp3) is 0.125. The molecule has 0 atom stereocenters. The lowest BCUT2D eigenvalue weighted by Gasteiger charge is -2.02. The molecule has 62 valence electrons. The number of nitriles is 1. The van der Waals surface area contributed by atoms with Crippen molar-refractivity contribution < 1.29 is 4.39 Å². The van der Waals surface area contributed by atoms with Crippen LogP contribution < -0.4 is 0 Å². The van der Waals surface area contributed by atoms with Crippen molar-refractivity contribution in [2.24, 2.45) is 0 Å². The van der Waals surface area contributed by atoms with Crippen LogP contribution in [0.4, 0.5) is 4.39 Å². The second kappa shape index (κ2) is 3.92. The minimum atomic E-state index is -0.445. The van der Waals surface area contributed by atoms with Crippen LogP contribution in [0.2, 0.25) is 0 Å². The van der Waals surface area contributed by atoms with Crippen molar-refractivity contribution in [3.8, 4) is 6.07 Å². The van der Waals surface area contributed by atoms with Gasteiger partial charge < -0.3 is 0 Å². The molecule has 0 aliphatic rings. The quantitative estimate of drug-likeness (QED) is 0.710. The Morgan fingerprint density at radius 3 is 2.75 bits per heavy atom. The van der Waals surface area contributed by atoms with Gasteiger partial charge in [-0.05, 0) is 34.3 Å². The zero-order valence-corrected chi connectivity index (χ0v) is 8.67. The average Bonchev–Trinajstić information content (AvgIpc) is 2.06. The maximum atomic E-state index is 13.3. The largest absolute Gasteiger partial charge is 0.204 e. The van der Waals surface area contributed by atoms with E-state index in [0.717, 1.165) is 0 Å². The van der Waals surface area contributed by atoms with E-state index in [-0.39, 0.29) is 5.56 Å². The topological polar surface area (TPSA) is 23.8 Å². The van der Waals surface area contributed by atoms with Crippen LogP contribution >= 0.6 is 27.7 Å². The summed E-state index contributed by atoms with van der Waals surface area (Å²) in [5, 5.41) is 8.51. The van der Waals surface area contributed by atoms with Crippen molar-refractivity contribution in [3.05, 3.63) is 28.0 Å². The molecule has 0 saturated heterocycles. The van der Waals surface area contributed by atoms with Gasteiger partial charge in [-0.1, -0.05) is 0 Å². The molecule has 0 radical (unpaired) electrons. The molecular weight excluding hydrogens is 241 g/mol. The fourth-order valence-electron chi connectivity index (χ4n) is 0.806. The molecule has 1 aromatic carbocycles. The molecule has 0 aromatic heterocycles. The Labute approximate surface area is 82.7 Å². The first-order valence-electron chi connectivity index (χ1n) is 3.12. The molecule has 0 aliphatic heterocycles. The van der Waals surface area contributed by atoms with E-state index in [9.17, 15) is 4.39 Å². The van der Waals surface area contributed by atoms with E-state index in [1.165, 1.54) is 17.8 Å². The van der Waals surface area contributed by atoms with Crippen LogP contribution in [0.1, 0.15) is 5.56 Å². The van der Waals surface area contributed by atoms with Crippen LogP contribution in [0.25, 0.3) is 0 Å². The van der Waals surface area contributed by atoms with Crippen LogP contribution in [-0.2, 0) is 0 Å². The molecule has 0 unspecified atom stereocenters. The van der Waals surface area contributed by atoms with Gasteiger partial charge in [0.2, 0.25) is 0 Å². The van der Waals surface area contributed by atoms with Crippen molar-refractivity contribution in [3.63, 3.8) is 0 Å². The Hall–Kier alpha value is -0.530. The van der Waals surface area contributed by atoms with Gasteiger partial charge in [-0.2, -0.15) is 5.26 Å². The molecule has 0 spiro atoms. The summed E-state index contributed by atoms with van der Waals surface area (Å²) in [7, 11) is 0. The van der Waals surface area contributed by atoms with E-state index in [0.29, 0.717) is 9.37 Å². The van der Waals surface area contributed by atoms with Crippen LogP contribution in [0.15, 0.2) is 21.5 Å². The van der Waals surface area contributed by atoms with E-state index in [1.54, 1.807) is 18.4 Å². The van der Waals surface area contributed by atoms with E-state index in [1.807, 2.05) is 0 Å². The molecule has 12 heavy (non-hydrogen) atoms. The number of benzene rings is 1. The summed E-state index contributed by atoms with van der Waals surface area (Å²) < 4.78 is 13.9. The van der Waals surface area contributed by atoms with Crippen molar-refractivity contribution >= 4 is 27.7 Å². The van der Waals surface area contributed by atoms with E-state index in [2.05, 4.69) is 15.9 Å². The van der Waals surface area contributed by atoms with Gasteiger partial charge >= 0.3 is 0 Å². The van der Waals surface area contributed by atoms with E-state index >= 15 is 0 Å². The summed E-state index contributed by atoms with van der Waals surface area (Å²) in [6.07, 6.45) is 1.77. The van der Waals surface area contributed by atoms with Gasteiger partial charge in [0.25, 0.3) is 0 Å². The Bertz CT molecular complexity index is 346. The Balaban J connectivity index is 3.36. The lowest BCUT2D eigenvalue weighted by atomic mass is 10.2. The van der Waals surface area contributed by atoms with E-state index in [4.69, 9.17) is 5.26 Å². The number of nitrogens with zero attached hydrogens (tertiary/aromatic N) is 1. The third kappa shape index (κ3) is 1.62. The molecule has 0 bridgehead atoms. The average molecular weight is 246 g/mol. The fourth-order valence-corrected chi connectivity index (χ4v) is 2.15. The second-order valence-corrected chi connectivity index (χ2v) is 3.72. The summed E-state index contributed by atoms with van der Waals surface area (Å²) in [6, 6.07) is 4.92. The van der Waals surface area contributed by atoms with Crippen molar-refractivity contribution in [2.75, 3.05) is 6.26 Å². The highest BCUT2D eigenvalue weighted by Crippen LogP contribution is 2.29. The van der Waals surface area contributed by atoms with Gasteiger partial charge in [-0.25, -0.2) is 4.39 Å². The molecule has 0 amide bonds. The molecule has 0 aliphatic carbocycles. The molecular formula is C8H5BrFNS. The highest BCUT2D eigenvalue weighted by atomic mass is 79.9. The minimum Gasteiger partial charge on any atom is -0.204 e. The maximum absolute atomic E-state index is 13.3. The summed E-state index contributed by atoms with van der Waals surface area (Å²) in [4.78, 5) is 0.481. The van der Waals surface area contributed by atoms with Crippen LogP contribution in [0, 0.1) is 17.1 Å². The third-order valence-electron chi connectivity index (χ3n) is 1.37. The first-order chi connectivity index (χ1) is 5.70. The van der Waals surface area contributed by atoms with Crippen LogP contribution in [-0.4, -0.2) is 6.26 Å². The molecule has 0 heterocycles. The van der Waals surface area contributed by atoms with Crippen LogP contribution in [0.5, 0.6) is 0 Å². The second-order valence-electron chi connectivity index (χ2n) is 2.05. The highest BCUT2D eigenvalue weighted by Gasteiger charge is 2.09. The minimum absolute atomic E-state index is 0.0857. The Morgan fingerprint density at radius 2 is 2.25 bits per heavy atom. The first-order valence-corrected chi connectivity index (χ1v) is 5.14. The van der Waals surface area contributed by atoms with Gasteiger partial charge in [0.15, 0.2) is 5.82 Å². The van der Waals surface area contributed by atoms with Crippen molar-refractivity contribution in [1.82, 2.24) is 0 Å². The Kier molecular flexibility index (Phi) is 3.12. The smallest absolute Gasteiger partial charge is 0.155 e. The lowest BCUT2D eigenvalue weighted by molar-refractivity contribution is 0.596. The first kappa shape index (κ1) is 9.56. The highest BCUT2D eigenvalue weighted by molar-refractivity contribution is 9.10. The number of halogens is 2. The lowest BCUT2D eigenvalue weighted by Crippen LogP contribution is -1.87. The molecule has 1 aromatic rings. The van der Waals surface area contributed by atoms with E-state index < -0.39 is 5.82 Å². The third-order valence-corrected chi connectivity index (χ3v) is 3.10. The molecule has 1 nitrogen and oxygen atoms in total. The standard InChI is InChI=1S/C8H5BrFNS/c1-12-8-6(9)3-2-5(4-11)7(8)10/h2-3H,1H3. The zero-order valence-electron chi connectivity index (χ0n) is 6.27. The Morgan fingerprint density at radius 1 is 1.58 bits per heavy atom. The van der Waals surface area contributed by atoms with Gasteiger partial charge in [0.05, 0.1) is 10.5 Å². The normalized spacial score (nSPS) is 9.50. The molecule has 0 fully saturated rings. The molecule has 0 saturated carbocycles. The number of hydrogen-bond donors (Lipinski definition) is 0. The predicted octanol–water partition coefficient (Wildman–Crippen LogP) is 3.18. The molecule has 0 N–H and O–H groups in total. The number of thioether (sulfide) groups is 1. The summed E-state index contributed by atoms with van der Waals surface area (Å²) in [6.45, 7) is 0. The summed E-state index contributed by atoms with van der Waals surface area (Å²) >= 11 is 4.48. The summed E-state index contributed by atoms with van der Waals surface area (Å²) in [5.41, 5.74) is 0.0857. The monoisotopic (exact) mass is 245 g/mol. The SMILES string of the molecule is CSc1c(Br)ccc(C#N)c1F. The number of rotatable bonds is 1. The van der Waals surface area contributed by atoms with Gasteiger partial charge in [0.1, 0.15) is 6.07 Å². The zero-order chi connectivity index (χ0) is 9.14. The maximum Gasteiger partial charge on any atom is 0.155 e.